The Morgan fingerprint density at radius 1 is 1.30 bits per heavy atom. The second-order valence-electron chi connectivity index (χ2n) is 7.01. The molecule has 1 aromatic rings. The van der Waals surface area contributed by atoms with Crippen molar-refractivity contribution in [3.63, 3.8) is 0 Å². The van der Waals surface area contributed by atoms with Gasteiger partial charge in [0.25, 0.3) is 0 Å². The van der Waals surface area contributed by atoms with Crippen LogP contribution in [0.15, 0.2) is 36.9 Å². The third kappa shape index (κ3) is 3.64. The summed E-state index contributed by atoms with van der Waals surface area (Å²) in [7, 11) is 0. The molecule has 0 heterocycles. The Labute approximate surface area is 138 Å². The predicted octanol–water partition coefficient (Wildman–Crippen LogP) is 3.90. The molecule has 0 aromatic heterocycles. The highest BCUT2D eigenvalue weighted by Crippen LogP contribution is 2.49. The minimum Gasteiger partial charge on any atom is -0.335 e. The molecule has 0 spiro atoms. The topological polar surface area (TPSA) is 44.1 Å². The van der Waals surface area contributed by atoms with E-state index in [0.717, 1.165) is 17.4 Å². The van der Waals surface area contributed by atoms with Crippen molar-refractivity contribution in [1.82, 2.24) is 4.90 Å². The number of carbonyl (C=O) groups excluding carboxylic acids is 1. The van der Waals surface area contributed by atoms with Crippen LogP contribution in [0.2, 0.25) is 0 Å². The highest BCUT2D eigenvalue weighted by Gasteiger charge is 2.40. The molecule has 2 bridgehead atoms. The number of hydrogen-bond donors (Lipinski definition) is 0. The maximum absolute atomic E-state index is 12.7. The van der Waals surface area contributed by atoms with Crippen LogP contribution >= 0.6 is 0 Å². The smallest absolute Gasteiger partial charge is 0.223 e. The molecule has 3 heteroatoms. The van der Waals surface area contributed by atoms with E-state index < -0.39 is 0 Å². The first-order chi connectivity index (χ1) is 11.2. The molecule has 3 nitrogen and oxygen atoms in total. The number of nitrogens with zero attached hydrogens (tertiary/aromatic N) is 2. The van der Waals surface area contributed by atoms with E-state index in [9.17, 15) is 4.79 Å². The van der Waals surface area contributed by atoms with Crippen LogP contribution in [0.25, 0.3) is 0 Å². The van der Waals surface area contributed by atoms with Gasteiger partial charge in [-0.15, -0.1) is 6.58 Å². The monoisotopic (exact) mass is 308 g/mol. The molecule has 3 atom stereocenters. The Hall–Kier alpha value is -2.08. The van der Waals surface area contributed by atoms with Crippen molar-refractivity contribution in [2.75, 3.05) is 6.54 Å². The van der Waals surface area contributed by atoms with E-state index in [2.05, 4.69) is 12.6 Å². The molecule has 2 aliphatic rings. The first kappa shape index (κ1) is 15.8. The van der Waals surface area contributed by atoms with Gasteiger partial charge in [-0.05, 0) is 54.7 Å². The highest BCUT2D eigenvalue weighted by atomic mass is 16.2. The van der Waals surface area contributed by atoms with Gasteiger partial charge in [0.15, 0.2) is 0 Å². The standard InChI is InChI=1S/C20H24N2O/c1-2-9-22(14-16-5-3-15(13-21)4-6-16)20(23)12-19-11-17-7-8-18(19)10-17/h2-6,17-19H,1,7-12,14H2. The molecule has 3 unspecified atom stereocenters. The van der Waals surface area contributed by atoms with Gasteiger partial charge in [0.2, 0.25) is 5.91 Å². The Morgan fingerprint density at radius 3 is 2.65 bits per heavy atom. The normalized spacial score (nSPS) is 25.1. The molecule has 0 radical (unpaired) electrons. The van der Waals surface area contributed by atoms with Gasteiger partial charge in [-0.2, -0.15) is 5.26 Å². The lowest BCUT2D eigenvalue weighted by molar-refractivity contribution is -0.132. The molecule has 0 N–H and O–H groups in total. The van der Waals surface area contributed by atoms with Crippen LogP contribution < -0.4 is 0 Å². The molecule has 0 saturated heterocycles. The van der Waals surface area contributed by atoms with Crippen molar-refractivity contribution in [3.8, 4) is 6.07 Å². The maximum Gasteiger partial charge on any atom is 0.223 e. The van der Waals surface area contributed by atoms with E-state index in [0.29, 0.717) is 31.0 Å². The predicted molar refractivity (Wildman–Crippen MR) is 90.3 cm³/mol. The maximum atomic E-state index is 12.7. The number of amides is 1. The van der Waals surface area contributed by atoms with Gasteiger partial charge in [0, 0.05) is 19.5 Å². The minimum absolute atomic E-state index is 0.242. The fraction of sp³-hybridized carbons (Fsp3) is 0.500. The van der Waals surface area contributed by atoms with Gasteiger partial charge in [0.05, 0.1) is 11.6 Å². The molecule has 1 amide bonds. The van der Waals surface area contributed by atoms with E-state index in [1.165, 1.54) is 25.7 Å². The lowest BCUT2D eigenvalue weighted by Crippen LogP contribution is -2.33. The number of carbonyl (C=O) groups is 1. The Balaban J connectivity index is 1.61. The quantitative estimate of drug-likeness (QED) is 0.748. The minimum atomic E-state index is 0.242. The lowest BCUT2D eigenvalue weighted by Gasteiger charge is -2.26. The van der Waals surface area contributed by atoms with E-state index in [1.807, 2.05) is 29.2 Å². The Bertz CT molecular complexity index is 614. The highest BCUT2D eigenvalue weighted by molar-refractivity contribution is 5.76. The number of hydrogen-bond acceptors (Lipinski definition) is 2. The summed E-state index contributed by atoms with van der Waals surface area (Å²) in [6.07, 6.45) is 7.76. The van der Waals surface area contributed by atoms with Crippen molar-refractivity contribution >= 4 is 5.91 Å². The third-order valence-corrected chi connectivity index (χ3v) is 5.48. The van der Waals surface area contributed by atoms with Crippen LogP contribution in [0.4, 0.5) is 0 Å². The molecule has 2 aliphatic carbocycles. The number of fused-ring (bicyclic) bond motifs is 2. The third-order valence-electron chi connectivity index (χ3n) is 5.48. The molecule has 120 valence electrons. The van der Waals surface area contributed by atoms with Crippen molar-refractivity contribution in [1.29, 1.82) is 5.26 Å². The summed E-state index contributed by atoms with van der Waals surface area (Å²) in [5.41, 5.74) is 1.71. The summed E-state index contributed by atoms with van der Waals surface area (Å²) in [4.78, 5) is 14.6. The van der Waals surface area contributed by atoms with Crippen LogP contribution in [0.1, 0.15) is 43.2 Å². The van der Waals surface area contributed by atoms with Crippen LogP contribution in [0.5, 0.6) is 0 Å². The van der Waals surface area contributed by atoms with Gasteiger partial charge < -0.3 is 4.90 Å². The summed E-state index contributed by atoms with van der Waals surface area (Å²) in [5, 5.41) is 8.87. The second kappa shape index (κ2) is 7.00. The van der Waals surface area contributed by atoms with E-state index in [4.69, 9.17) is 5.26 Å². The van der Waals surface area contributed by atoms with E-state index in [1.54, 1.807) is 6.08 Å². The summed E-state index contributed by atoms with van der Waals surface area (Å²) < 4.78 is 0. The average molecular weight is 308 g/mol. The van der Waals surface area contributed by atoms with Gasteiger partial charge >= 0.3 is 0 Å². The average Bonchev–Trinajstić information content (AvgIpc) is 3.18. The van der Waals surface area contributed by atoms with Crippen molar-refractivity contribution in [2.24, 2.45) is 17.8 Å². The van der Waals surface area contributed by atoms with Crippen molar-refractivity contribution in [2.45, 2.75) is 38.6 Å². The first-order valence-electron chi connectivity index (χ1n) is 8.57. The molecule has 1 aromatic carbocycles. The molecule has 2 fully saturated rings. The van der Waals surface area contributed by atoms with Crippen LogP contribution in [-0.2, 0) is 11.3 Å². The van der Waals surface area contributed by atoms with Crippen LogP contribution in [0, 0.1) is 29.1 Å². The molecule has 23 heavy (non-hydrogen) atoms. The SMILES string of the molecule is C=CCN(Cc1ccc(C#N)cc1)C(=O)CC1CC2CCC1C2. The molecule has 0 aliphatic heterocycles. The van der Waals surface area contributed by atoms with Gasteiger partial charge in [-0.3, -0.25) is 4.79 Å². The van der Waals surface area contributed by atoms with Crippen LogP contribution in [-0.4, -0.2) is 17.4 Å². The molecular weight excluding hydrogens is 284 g/mol. The van der Waals surface area contributed by atoms with E-state index >= 15 is 0 Å². The number of rotatable bonds is 6. The summed E-state index contributed by atoms with van der Waals surface area (Å²) in [5.74, 6) is 2.50. The van der Waals surface area contributed by atoms with E-state index in [-0.39, 0.29) is 5.91 Å². The molecule has 3 rings (SSSR count). The fourth-order valence-corrected chi connectivity index (χ4v) is 4.30. The first-order valence-corrected chi connectivity index (χ1v) is 8.57. The van der Waals surface area contributed by atoms with Gasteiger partial charge in [-0.1, -0.05) is 24.6 Å². The van der Waals surface area contributed by atoms with Crippen molar-refractivity contribution < 1.29 is 4.79 Å². The molecular formula is C20H24N2O. The zero-order chi connectivity index (χ0) is 16.2. The Kier molecular flexibility index (Phi) is 4.81. The molecule has 2 saturated carbocycles. The number of benzene rings is 1. The lowest BCUT2D eigenvalue weighted by atomic mass is 9.86. The van der Waals surface area contributed by atoms with Gasteiger partial charge in [0.1, 0.15) is 0 Å². The largest absolute Gasteiger partial charge is 0.335 e. The van der Waals surface area contributed by atoms with Gasteiger partial charge in [-0.25, -0.2) is 0 Å². The Morgan fingerprint density at radius 2 is 2.09 bits per heavy atom. The number of nitriles is 1. The summed E-state index contributed by atoms with van der Waals surface area (Å²) >= 11 is 0. The second-order valence-corrected chi connectivity index (χ2v) is 7.01. The summed E-state index contributed by atoms with van der Waals surface area (Å²) in [6, 6.07) is 9.60. The summed E-state index contributed by atoms with van der Waals surface area (Å²) in [6.45, 7) is 4.96. The van der Waals surface area contributed by atoms with Crippen LogP contribution in [0.3, 0.4) is 0 Å². The zero-order valence-electron chi connectivity index (χ0n) is 13.6. The van der Waals surface area contributed by atoms with Crippen molar-refractivity contribution in [3.05, 3.63) is 48.0 Å². The fourth-order valence-electron chi connectivity index (χ4n) is 4.30. The zero-order valence-corrected chi connectivity index (χ0v) is 13.6.